The van der Waals surface area contributed by atoms with Crippen LogP contribution in [0.1, 0.15) is 18.4 Å². The summed E-state index contributed by atoms with van der Waals surface area (Å²) in [6.45, 7) is 3.33. The minimum atomic E-state index is 0.0453. The van der Waals surface area contributed by atoms with E-state index in [0.717, 1.165) is 24.1 Å². The molecule has 0 unspecified atom stereocenters. The number of benzene rings is 1. The predicted molar refractivity (Wildman–Crippen MR) is 69.9 cm³/mol. The van der Waals surface area contributed by atoms with E-state index in [1.54, 1.807) is 7.11 Å². The second-order valence-corrected chi connectivity index (χ2v) is 4.58. The Kier molecular flexibility index (Phi) is 4.20. The molecule has 0 aromatic heterocycles. The van der Waals surface area contributed by atoms with Gasteiger partial charge < -0.3 is 14.8 Å². The Morgan fingerprint density at radius 2 is 2.11 bits per heavy atom. The lowest BCUT2D eigenvalue weighted by Gasteiger charge is -2.21. The Balaban J connectivity index is 2.07. The van der Waals surface area contributed by atoms with Gasteiger partial charge in [-0.1, -0.05) is 6.07 Å². The number of nitrogens with one attached hydrogen (secondary N) is 1. The maximum Gasteiger partial charge on any atom is 0.227 e. The molecule has 1 aromatic carbocycles. The first-order valence-corrected chi connectivity index (χ1v) is 6.24. The molecule has 4 heteroatoms. The van der Waals surface area contributed by atoms with Crippen LogP contribution >= 0.6 is 0 Å². The van der Waals surface area contributed by atoms with E-state index in [1.807, 2.05) is 25.1 Å². The van der Waals surface area contributed by atoms with Gasteiger partial charge in [-0.3, -0.25) is 4.79 Å². The molecule has 1 N–H and O–H groups in total. The Hall–Kier alpha value is -1.55. The van der Waals surface area contributed by atoms with Crippen molar-refractivity contribution in [1.29, 1.82) is 0 Å². The van der Waals surface area contributed by atoms with Gasteiger partial charge in [-0.15, -0.1) is 0 Å². The van der Waals surface area contributed by atoms with Crippen LogP contribution in [-0.4, -0.2) is 26.2 Å². The molecular formula is C14H19NO3. The fraction of sp³-hybridized carbons (Fsp3) is 0.500. The second-order valence-electron chi connectivity index (χ2n) is 4.58. The number of hydrogen-bond acceptors (Lipinski definition) is 3. The van der Waals surface area contributed by atoms with Crippen LogP contribution in [0.4, 0.5) is 5.69 Å². The first kappa shape index (κ1) is 12.9. The zero-order chi connectivity index (χ0) is 13.0. The fourth-order valence-corrected chi connectivity index (χ4v) is 2.11. The van der Waals surface area contributed by atoms with Crippen LogP contribution in [0.5, 0.6) is 5.75 Å². The van der Waals surface area contributed by atoms with E-state index in [9.17, 15) is 4.79 Å². The molecule has 0 spiro atoms. The first-order valence-electron chi connectivity index (χ1n) is 6.24. The highest BCUT2D eigenvalue weighted by Gasteiger charge is 2.22. The van der Waals surface area contributed by atoms with Crippen LogP contribution in [0, 0.1) is 12.8 Å². The number of carbonyl (C=O) groups is 1. The van der Waals surface area contributed by atoms with E-state index >= 15 is 0 Å². The molecule has 18 heavy (non-hydrogen) atoms. The molecule has 1 heterocycles. The first-order chi connectivity index (χ1) is 8.70. The minimum Gasteiger partial charge on any atom is -0.495 e. The molecule has 1 aliphatic rings. The van der Waals surface area contributed by atoms with Gasteiger partial charge in [-0.25, -0.2) is 0 Å². The number of hydrogen-bond donors (Lipinski definition) is 1. The zero-order valence-corrected chi connectivity index (χ0v) is 10.9. The summed E-state index contributed by atoms with van der Waals surface area (Å²) in [6.07, 6.45) is 1.58. The van der Waals surface area contributed by atoms with E-state index < -0.39 is 0 Å². The molecular weight excluding hydrogens is 230 g/mol. The molecule has 0 radical (unpaired) electrons. The van der Waals surface area contributed by atoms with Crippen LogP contribution in [0.15, 0.2) is 18.2 Å². The van der Waals surface area contributed by atoms with E-state index in [-0.39, 0.29) is 11.8 Å². The van der Waals surface area contributed by atoms with Crippen LogP contribution < -0.4 is 10.1 Å². The van der Waals surface area contributed by atoms with Gasteiger partial charge in [-0.05, 0) is 37.5 Å². The Bertz CT molecular complexity index is 425. The second kappa shape index (κ2) is 5.87. The monoisotopic (exact) mass is 249 g/mol. The smallest absolute Gasteiger partial charge is 0.227 e. The normalized spacial score (nSPS) is 16.3. The van der Waals surface area contributed by atoms with Crippen molar-refractivity contribution in [3.63, 3.8) is 0 Å². The molecule has 1 saturated heterocycles. The topological polar surface area (TPSA) is 47.6 Å². The van der Waals surface area contributed by atoms with E-state index in [1.165, 1.54) is 0 Å². The van der Waals surface area contributed by atoms with Crippen molar-refractivity contribution in [1.82, 2.24) is 0 Å². The quantitative estimate of drug-likeness (QED) is 0.894. The number of amides is 1. The van der Waals surface area contributed by atoms with Gasteiger partial charge in [-0.2, -0.15) is 0 Å². The predicted octanol–water partition coefficient (Wildman–Crippen LogP) is 2.37. The van der Waals surface area contributed by atoms with Crippen LogP contribution in [0.25, 0.3) is 0 Å². The minimum absolute atomic E-state index is 0.0453. The SMILES string of the molecule is COc1ccc(C)cc1NC(=O)C1CCOCC1. The highest BCUT2D eigenvalue weighted by Crippen LogP contribution is 2.26. The van der Waals surface area contributed by atoms with Crippen LogP contribution in [0.2, 0.25) is 0 Å². The summed E-state index contributed by atoms with van der Waals surface area (Å²) >= 11 is 0. The summed E-state index contributed by atoms with van der Waals surface area (Å²) in [5.41, 5.74) is 1.84. The van der Waals surface area contributed by atoms with Gasteiger partial charge in [0.05, 0.1) is 12.8 Å². The van der Waals surface area contributed by atoms with E-state index in [4.69, 9.17) is 9.47 Å². The van der Waals surface area contributed by atoms with Crippen LogP contribution in [-0.2, 0) is 9.53 Å². The summed E-state index contributed by atoms with van der Waals surface area (Å²) < 4.78 is 10.5. The maximum atomic E-state index is 12.1. The summed E-state index contributed by atoms with van der Waals surface area (Å²) in [7, 11) is 1.61. The summed E-state index contributed by atoms with van der Waals surface area (Å²) in [5, 5.41) is 2.95. The zero-order valence-electron chi connectivity index (χ0n) is 10.9. The van der Waals surface area contributed by atoms with Crippen molar-refractivity contribution < 1.29 is 14.3 Å². The third-order valence-corrected chi connectivity index (χ3v) is 3.20. The van der Waals surface area contributed by atoms with E-state index in [2.05, 4.69) is 5.32 Å². The van der Waals surface area contributed by atoms with Crippen molar-refractivity contribution in [2.75, 3.05) is 25.6 Å². The molecule has 0 atom stereocenters. The average Bonchev–Trinajstić information content (AvgIpc) is 2.40. The van der Waals surface area contributed by atoms with Crippen molar-refractivity contribution >= 4 is 11.6 Å². The number of aryl methyl sites for hydroxylation is 1. The lowest BCUT2D eigenvalue weighted by atomic mass is 9.99. The summed E-state index contributed by atoms with van der Waals surface area (Å²) in [4.78, 5) is 12.1. The van der Waals surface area contributed by atoms with Gasteiger partial charge in [0.15, 0.2) is 0 Å². The van der Waals surface area contributed by atoms with Gasteiger partial charge in [0.2, 0.25) is 5.91 Å². The largest absolute Gasteiger partial charge is 0.495 e. The van der Waals surface area contributed by atoms with Crippen molar-refractivity contribution in [3.05, 3.63) is 23.8 Å². The molecule has 0 aliphatic carbocycles. The molecule has 1 fully saturated rings. The Labute approximate surface area is 107 Å². The third kappa shape index (κ3) is 3.01. The standard InChI is InChI=1S/C14H19NO3/c1-10-3-4-13(17-2)12(9-10)15-14(16)11-5-7-18-8-6-11/h3-4,9,11H,5-8H2,1-2H3,(H,15,16). The molecule has 0 saturated carbocycles. The van der Waals surface area contributed by atoms with Gasteiger partial charge >= 0.3 is 0 Å². The lowest BCUT2D eigenvalue weighted by molar-refractivity contribution is -0.122. The Morgan fingerprint density at radius 1 is 1.39 bits per heavy atom. The van der Waals surface area contributed by atoms with Crippen molar-refractivity contribution in [2.45, 2.75) is 19.8 Å². The number of ether oxygens (including phenoxy) is 2. The summed E-state index contributed by atoms with van der Waals surface area (Å²) in [6, 6.07) is 5.76. The molecule has 4 nitrogen and oxygen atoms in total. The van der Waals surface area contributed by atoms with E-state index in [0.29, 0.717) is 19.0 Å². The summed E-state index contributed by atoms with van der Waals surface area (Å²) in [5.74, 6) is 0.798. The Morgan fingerprint density at radius 3 is 2.78 bits per heavy atom. The molecule has 2 rings (SSSR count). The fourth-order valence-electron chi connectivity index (χ4n) is 2.11. The van der Waals surface area contributed by atoms with Gasteiger partial charge in [0, 0.05) is 19.1 Å². The molecule has 1 amide bonds. The highest BCUT2D eigenvalue weighted by atomic mass is 16.5. The van der Waals surface area contributed by atoms with Crippen molar-refractivity contribution in [3.8, 4) is 5.75 Å². The van der Waals surface area contributed by atoms with Crippen LogP contribution in [0.3, 0.4) is 0 Å². The number of carbonyl (C=O) groups excluding carboxylic acids is 1. The molecule has 1 aliphatic heterocycles. The number of methoxy groups -OCH3 is 1. The molecule has 0 bridgehead atoms. The lowest BCUT2D eigenvalue weighted by Crippen LogP contribution is -2.28. The molecule has 98 valence electrons. The third-order valence-electron chi connectivity index (χ3n) is 3.20. The molecule has 1 aromatic rings. The average molecular weight is 249 g/mol. The van der Waals surface area contributed by atoms with Crippen molar-refractivity contribution in [2.24, 2.45) is 5.92 Å². The highest BCUT2D eigenvalue weighted by molar-refractivity contribution is 5.94. The number of anilines is 1. The maximum absolute atomic E-state index is 12.1. The van der Waals surface area contributed by atoms with Gasteiger partial charge in [0.1, 0.15) is 5.75 Å². The van der Waals surface area contributed by atoms with Gasteiger partial charge in [0.25, 0.3) is 0 Å². The number of rotatable bonds is 3.